The lowest BCUT2D eigenvalue weighted by Crippen LogP contribution is -2.38. The van der Waals surface area contributed by atoms with E-state index >= 15 is 4.39 Å². The molecule has 0 bridgehead atoms. The van der Waals surface area contributed by atoms with Crippen LogP contribution in [0, 0.1) is 11.8 Å². The maximum Gasteiger partial charge on any atom is 0.321 e. The summed E-state index contributed by atoms with van der Waals surface area (Å²) in [5.41, 5.74) is 2.00. The first kappa shape index (κ1) is 25.6. The summed E-state index contributed by atoms with van der Waals surface area (Å²) in [6.45, 7) is 5.62. The van der Waals surface area contributed by atoms with Crippen molar-refractivity contribution in [2.45, 2.75) is 51.9 Å². The van der Waals surface area contributed by atoms with E-state index in [1.54, 1.807) is 25.1 Å². The normalized spacial score (nSPS) is 24.3. The zero-order chi connectivity index (χ0) is 24.1. The van der Waals surface area contributed by atoms with Gasteiger partial charge in [0.1, 0.15) is 6.17 Å². The molecule has 7 nitrogen and oxygen atoms in total. The summed E-state index contributed by atoms with van der Waals surface area (Å²) in [4.78, 5) is 21.3. The number of amides is 2. The first-order valence-electron chi connectivity index (χ1n) is 11.0. The van der Waals surface area contributed by atoms with Gasteiger partial charge in [-0.1, -0.05) is 48.4 Å². The van der Waals surface area contributed by atoms with Crippen LogP contribution in [0.25, 0.3) is 10.2 Å². The number of fused-ring (bicyclic) bond motifs is 1. The molecular formula is C23H30ClFN4O3S. The monoisotopic (exact) mass is 496 g/mol. The van der Waals surface area contributed by atoms with Gasteiger partial charge >= 0.3 is 6.03 Å². The van der Waals surface area contributed by atoms with E-state index in [-0.39, 0.29) is 43.9 Å². The molecule has 2 aromatic rings. The van der Waals surface area contributed by atoms with Crippen molar-refractivity contribution in [2.75, 3.05) is 18.5 Å². The Morgan fingerprint density at radius 1 is 1.42 bits per heavy atom. The molecule has 10 heteroatoms. The van der Waals surface area contributed by atoms with Crippen LogP contribution in [0.1, 0.15) is 33.6 Å². The van der Waals surface area contributed by atoms with Crippen LogP contribution in [-0.2, 0) is 0 Å². The molecule has 1 aromatic heterocycles. The first-order valence-corrected chi connectivity index (χ1v) is 12.2. The molecule has 1 aliphatic rings. The quantitative estimate of drug-likeness (QED) is 0.421. The Balaban J connectivity index is 1.58. The number of aromatic nitrogens is 1. The second kappa shape index (κ2) is 11.4. The second-order valence-electron chi connectivity index (χ2n) is 8.58. The Labute approximate surface area is 201 Å². The molecule has 180 valence electrons. The van der Waals surface area contributed by atoms with E-state index in [9.17, 15) is 9.90 Å². The molecule has 1 aromatic carbocycles. The van der Waals surface area contributed by atoms with Gasteiger partial charge in [-0.3, -0.25) is 10.3 Å². The molecule has 0 spiro atoms. The number of aliphatic imine (C=N–C) groups is 1. The van der Waals surface area contributed by atoms with Crippen molar-refractivity contribution < 1.29 is 19.4 Å². The smallest absolute Gasteiger partial charge is 0.321 e. The van der Waals surface area contributed by atoms with Crippen molar-refractivity contribution in [2.24, 2.45) is 16.8 Å². The molecule has 33 heavy (non-hydrogen) atoms. The van der Waals surface area contributed by atoms with Gasteiger partial charge < -0.3 is 15.5 Å². The predicted molar refractivity (Wildman–Crippen MR) is 132 cm³/mol. The van der Waals surface area contributed by atoms with Gasteiger partial charge in [-0.25, -0.2) is 14.2 Å². The molecule has 3 rings (SSSR count). The molecule has 5 unspecified atom stereocenters. The van der Waals surface area contributed by atoms with Gasteiger partial charge in [-0.05, 0) is 37.5 Å². The number of halogens is 2. The summed E-state index contributed by atoms with van der Waals surface area (Å²) in [7, 11) is 0. The Morgan fingerprint density at radius 3 is 2.91 bits per heavy atom. The van der Waals surface area contributed by atoms with Gasteiger partial charge in [0.25, 0.3) is 0 Å². The van der Waals surface area contributed by atoms with Crippen LogP contribution in [0.5, 0.6) is 0 Å². The lowest BCUT2D eigenvalue weighted by molar-refractivity contribution is 0.0943. The van der Waals surface area contributed by atoms with Crippen LogP contribution in [0.15, 0.2) is 34.8 Å². The Kier molecular flexibility index (Phi) is 8.81. The molecular weight excluding hydrogens is 467 g/mol. The molecule has 0 saturated heterocycles. The molecule has 0 saturated carbocycles. The highest BCUT2D eigenvalue weighted by Crippen LogP contribution is 2.30. The third-order valence-corrected chi connectivity index (χ3v) is 6.89. The average Bonchev–Trinajstić information content (AvgIpc) is 3.09. The maximum atomic E-state index is 15.0. The third-order valence-electron chi connectivity index (χ3n) is 5.72. The number of urea groups is 1. The Hall–Kier alpha value is -2.07. The van der Waals surface area contributed by atoms with Crippen LogP contribution < -0.4 is 10.6 Å². The van der Waals surface area contributed by atoms with E-state index in [0.717, 1.165) is 15.8 Å². The van der Waals surface area contributed by atoms with Gasteiger partial charge in [-0.15, -0.1) is 0 Å². The van der Waals surface area contributed by atoms with Crippen molar-refractivity contribution in [1.29, 1.82) is 0 Å². The minimum Gasteiger partial charge on any atom is -0.394 e. The van der Waals surface area contributed by atoms with Crippen LogP contribution in [0.4, 0.5) is 14.3 Å². The minimum absolute atomic E-state index is 0.0458. The zero-order valence-corrected chi connectivity index (χ0v) is 20.5. The van der Waals surface area contributed by atoms with E-state index in [1.165, 1.54) is 11.3 Å². The van der Waals surface area contributed by atoms with Crippen LogP contribution in [0.2, 0.25) is 5.02 Å². The topological polar surface area (TPSA) is 107 Å². The molecule has 1 aliphatic carbocycles. The number of nitrogens with zero attached hydrogens (tertiary/aromatic N) is 2. The summed E-state index contributed by atoms with van der Waals surface area (Å²) in [5, 5.41) is 25.4. The van der Waals surface area contributed by atoms with E-state index in [2.05, 4.69) is 20.6 Å². The number of nitrogens with one attached hydrogen (secondary N) is 2. The molecule has 0 radical (unpaired) electrons. The van der Waals surface area contributed by atoms with Crippen molar-refractivity contribution in [3.8, 4) is 0 Å². The Bertz CT molecular complexity index is 1040. The van der Waals surface area contributed by atoms with Gasteiger partial charge in [0.05, 0.1) is 35.2 Å². The number of hydrogen-bond donors (Lipinski definition) is 4. The fraction of sp³-hybridized carbons (Fsp3) is 0.522. The summed E-state index contributed by atoms with van der Waals surface area (Å²) in [6.07, 6.45) is 0.211. The van der Waals surface area contributed by atoms with E-state index in [0.29, 0.717) is 15.9 Å². The van der Waals surface area contributed by atoms with Gasteiger partial charge in [-0.2, -0.15) is 0 Å². The number of carbonyl (C=O) groups is 1. The largest absolute Gasteiger partial charge is 0.394 e. The number of allylic oxidation sites excluding steroid dienone is 1. The zero-order valence-electron chi connectivity index (χ0n) is 18.9. The summed E-state index contributed by atoms with van der Waals surface area (Å²) >= 11 is 7.32. The van der Waals surface area contributed by atoms with Gasteiger partial charge in [0.15, 0.2) is 5.13 Å². The molecule has 1 heterocycles. The fourth-order valence-corrected chi connectivity index (χ4v) is 4.97. The summed E-state index contributed by atoms with van der Waals surface area (Å²) < 4.78 is 15.9. The fourth-order valence-electron chi connectivity index (χ4n) is 3.83. The minimum atomic E-state index is -1.27. The number of alkyl halides is 1. The highest BCUT2D eigenvalue weighted by atomic mass is 35.5. The number of rotatable bonds is 7. The number of aliphatic hydroxyl groups excluding tert-OH is 2. The first-order chi connectivity index (χ1) is 15.7. The van der Waals surface area contributed by atoms with E-state index < -0.39 is 18.3 Å². The van der Waals surface area contributed by atoms with Crippen LogP contribution >= 0.6 is 22.9 Å². The Morgan fingerprint density at radius 2 is 2.18 bits per heavy atom. The molecule has 0 aliphatic heterocycles. The number of benzene rings is 1. The lowest BCUT2D eigenvalue weighted by atomic mass is 9.90. The molecule has 0 fully saturated rings. The average molecular weight is 497 g/mol. The highest BCUT2D eigenvalue weighted by molar-refractivity contribution is 7.22. The third kappa shape index (κ3) is 6.96. The van der Waals surface area contributed by atoms with Crippen molar-refractivity contribution in [3.05, 3.63) is 34.9 Å². The lowest BCUT2D eigenvalue weighted by Gasteiger charge is -2.20. The summed E-state index contributed by atoms with van der Waals surface area (Å²) in [5.74, 6) is -0.0659. The van der Waals surface area contributed by atoms with E-state index in [1.807, 2.05) is 19.9 Å². The van der Waals surface area contributed by atoms with Gasteiger partial charge in [0, 0.05) is 23.4 Å². The number of carbonyl (C=O) groups excluding carboxylic acids is 1. The second-order valence-corrected chi connectivity index (χ2v) is 10.0. The van der Waals surface area contributed by atoms with E-state index in [4.69, 9.17) is 16.7 Å². The summed E-state index contributed by atoms with van der Waals surface area (Å²) in [6, 6.07) is 4.61. The number of anilines is 1. The molecule has 5 atom stereocenters. The van der Waals surface area contributed by atoms with Gasteiger partial charge in [0.2, 0.25) is 0 Å². The van der Waals surface area contributed by atoms with Crippen molar-refractivity contribution >= 4 is 50.0 Å². The highest BCUT2D eigenvalue weighted by Gasteiger charge is 2.29. The van der Waals surface area contributed by atoms with Crippen molar-refractivity contribution in [3.63, 3.8) is 0 Å². The number of aliphatic hydroxyl groups is 2. The predicted octanol–water partition coefficient (Wildman–Crippen LogP) is 4.58. The SMILES string of the molecule is CC(CN=C1C(F)CC(CC(O)CO)=CC(C)C1C)NC(=O)Nc1nc2ccc(Cl)cc2s1. The van der Waals surface area contributed by atoms with Crippen LogP contribution in [0.3, 0.4) is 0 Å². The molecule has 2 amide bonds. The van der Waals surface area contributed by atoms with Crippen molar-refractivity contribution in [1.82, 2.24) is 10.3 Å². The number of hydrogen-bond acceptors (Lipinski definition) is 6. The molecule has 4 N–H and O–H groups in total. The van der Waals surface area contributed by atoms with Crippen LogP contribution in [-0.4, -0.2) is 58.4 Å². The standard InChI is InChI=1S/C23H30ClFN4O3S/c1-12-6-15(7-17(31)11-30)8-18(25)21(14(12)3)26-10-13(2)27-22(32)29-23-28-19-5-4-16(24)9-20(19)33-23/h4-6,9,12-14,17-18,30-31H,7-8,10-11H2,1-3H3,(H2,27,28,29,32). The number of thiazole rings is 1. The maximum absolute atomic E-state index is 15.0.